The van der Waals surface area contributed by atoms with Gasteiger partial charge in [-0.2, -0.15) is 0 Å². The summed E-state index contributed by atoms with van der Waals surface area (Å²) >= 11 is 0. The van der Waals surface area contributed by atoms with Crippen LogP contribution in [0, 0.1) is 34.5 Å². The number of oxime groups is 2. The molecule has 0 aromatic carbocycles. The molecule has 0 bridgehead atoms. The van der Waals surface area contributed by atoms with Gasteiger partial charge < -0.3 is 15.4 Å². The first-order valence-electron chi connectivity index (χ1n) is 11.0. The van der Waals surface area contributed by atoms with Crippen molar-refractivity contribution in [3.8, 4) is 0 Å². The minimum absolute atomic E-state index is 0.0615. The van der Waals surface area contributed by atoms with Crippen molar-refractivity contribution < 1.29 is 18.9 Å². The predicted octanol–water partition coefficient (Wildman–Crippen LogP) is 3.49. The number of fused-ring (bicyclic) bond motifs is 5. The van der Waals surface area contributed by atoms with Crippen molar-refractivity contribution in [1.29, 1.82) is 0 Å². The number of hydrogen-bond acceptors (Lipinski definition) is 6. The number of ketones is 1. The Morgan fingerprint density at radius 3 is 2.72 bits per heavy atom. The third kappa shape index (κ3) is 3.20. The van der Waals surface area contributed by atoms with Gasteiger partial charge in [0.05, 0.1) is 11.4 Å². The summed E-state index contributed by atoms with van der Waals surface area (Å²) in [5, 5.41) is 8.76. The summed E-state index contributed by atoms with van der Waals surface area (Å²) in [4.78, 5) is 23.2. The molecule has 0 aromatic heterocycles. The third-order valence-electron chi connectivity index (χ3n) is 8.63. The maximum atomic E-state index is 14.5. The van der Waals surface area contributed by atoms with Gasteiger partial charge in [-0.3, -0.25) is 4.79 Å². The van der Waals surface area contributed by atoms with Crippen molar-refractivity contribution in [1.82, 2.24) is 0 Å². The Balaban J connectivity index is 1.64. The summed E-state index contributed by atoms with van der Waals surface area (Å²) < 4.78 is 14.5. The first-order chi connectivity index (χ1) is 13.8. The largest absolute Gasteiger partial charge is 0.399 e. The SMILES string of the molecule is CON=C1CC2C3CC(F)C(=O)C3(C)CCC2C2(C)CCC(=NOCCN)CC12. The molecule has 0 saturated heterocycles. The molecule has 29 heavy (non-hydrogen) atoms. The quantitative estimate of drug-likeness (QED) is 0.571. The average molecular weight is 408 g/mol. The van der Waals surface area contributed by atoms with Gasteiger partial charge in [0, 0.05) is 17.9 Å². The number of rotatable bonds is 4. The van der Waals surface area contributed by atoms with Gasteiger partial charge in [0.2, 0.25) is 0 Å². The molecule has 0 aromatic rings. The maximum Gasteiger partial charge on any atom is 0.173 e. The Bertz CT molecular complexity index is 726. The van der Waals surface area contributed by atoms with E-state index in [9.17, 15) is 9.18 Å². The van der Waals surface area contributed by atoms with E-state index in [1.54, 1.807) is 7.11 Å². The molecule has 7 unspecified atom stereocenters. The van der Waals surface area contributed by atoms with Crippen LogP contribution >= 0.6 is 0 Å². The van der Waals surface area contributed by atoms with Crippen LogP contribution < -0.4 is 5.73 Å². The highest BCUT2D eigenvalue weighted by Crippen LogP contribution is 2.64. The van der Waals surface area contributed by atoms with Gasteiger partial charge in [-0.25, -0.2) is 4.39 Å². The third-order valence-corrected chi connectivity index (χ3v) is 8.63. The number of Topliss-reactive ketones (excluding diaryl/α,β-unsaturated/α-hetero) is 1. The molecule has 6 nitrogen and oxygen atoms in total. The number of nitrogens with two attached hydrogens (primary N) is 1. The summed E-state index contributed by atoms with van der Waals surface area (Å²) in [6.45, 7) is 5.24. The molecular weight excluding hydrogens is 373 g/mol. The fourth-order valence-electron chi connectivity index (χ4n) is 7.11. The zero-order valence-corrected chi connectivity index (χ0v) is 17.8. The van der Waals surface area contributed by atoms with Gasteiger partial charge in [-0.15, -0.1) is 0 Å². The van der Waals surface area contributed by atoms with Gasteiger partial charge in [0.25, 0.3) is 0 Å². The fourth-order valence-corrected chi connectivity index (χ4v) is 7.11. The van der Waals surface area contributed by atoms with Crippen molar-refractivity contribution in [3.63, 3.8) is 0 Å². The maximum absolute atomic E-state index is 14.5. The summed E-state index contributed by atoms with van der Waals surface area (Å²) in [6.07, 6.45) is 4.36. The molecule has 7 heteroatoms. The number of halogens is 1. The van der Waals surface area contributed by atoms with E-state index in [1.165, 1.54) is 0 Å². The van der Waals surface area contributed by atoms with Crippen molar-refractivity contribution in [2.24, 2.45) is 50.5 Å². The highest BCUT2D eigenvalue weighted by Gasteiger charge is 2.63. The van der Waals surface area contributed by atoms with E-state index in [1.807, 2.05) is 6.92 Å². The van der Waals surface area contributed by atoms with Crippen LogP contribution in [0.2, 0.25) is 0 Å². The van der Waals surface area contributed by atoms with Crippen LogP contribution in [0.1, 0.15) is 58.8 Å². The molecule has 7 atom stereocenters. The molecule has 4 rings (SSSR count). The average Bonchev–Trinajstić information content (AvgIpc) is 2.93. The summed E-state index contributed by atoms with van der Waals surface area (Å²) in [7, 11) is 1.58. The van der Waals surface area contributed by atoms with E-state index in [0.29, 0.717) is 31.4 Å². The van der Waals surface area contributed by atoms with Crippen LogP contribution in [0.15, 0.2) is 10.3 Å². The Labute approximate surface area is 172 Å². The molecule has 4 aliphatic carbocycles. The van der Waals surface area contributed by atoms with Crippen LogP contribution in [0.5, 0.6) is 0 Å². The summed E-state index contributed by atoms with van der Waals surface area (Å²) in [6, 6.07) is 0. The monoisotopic (exact) mass is 407 g/mol. The lowest BCUT2D eigenvalue weighted by Crippen LogP contribution is -2.56. The van der Waals surface area contributed by atoms with E-state index >= 15 is 0 Å². The van der Waals surface area contributed by atoms with Crippen molar-refractivity contribution >= 4 is 17.2 Å². The predicted molar refractivity (Wildman–Crippen MR) is 109 cm³/mol. The number of carbonyl (C=O) groups excluding carboxylic acids is 1. The minimum Gasteiger partial charge on any atom is -0.399 e. The van der Waals surface area contributed by atoms with E-state index in [2.05, 4.69) is 17.2 Å². The first kappa shape index (κ1) is 20.8. The van der Waals surface area contributed by atoms with E-state index < -0.39 is 11.6 Å². The number of carbonyl (C=O) groups is 1. The second-order valence-electron chi connectivity index (χ2n) is 9.91. The molecular formula is C22H34FN3O3. The highest BCUT2D eigenvalue weighted by atomic mass is 19.1. The lowest BCUT2D eigenvalue weighted by atomic mass is 9.45. The number of nitrogens with zero attached hydrogens (tertiary/aromatic N) is 2. The lowest BCUT2D eigenvalue weighted by Gasteiger charge is -2.59. The highest BCUT2D eigenvalue weighted by molar-refractivity contribution is 5.96. The first-order valence-corrected chi connectivity index (χ1v) is 11.0. The smallest absolute Gasteiger partial charge is 0.173 e. The Morgan fingerprint density at radius 1 is 1.21 bits per heavy atom. The number of alkyl halides is 1. The topological polar surface area (TPSA) is 86.3 Å². The van der Waals surface area contributed by atoms with E-state index in [4.69, 9.17) is 15.4 Å². The van der Waals surface area contributed by atoms with E-state index in [-0.39, 0.29) is 23.0 Å². The molecule has 0 aliphatic heterocycles. The molecule has 0 spiro atoms. The van der Waals surface area contributed by atoms with Crippen molar-refractivity contribution in [2.45, 2.75) is 65.0 Å². The van der Waals surface area contributed by atoms with Crippen LogP contribution in [-0.4, -0.2) is 43.6 Å². The Hall–Kier alpha value is -1.50. The molecule has 4 fully saturated rings. The van der Waals surface area contributed by atoms with Gasteiger partial charge in [-0.1, -0.05) is 24.2 Å². The van der Waals surface area contributed by atoms with Crippen LogP contribution in [-0.2, 0) is 14.5 Å². The molecule has 0 radical (unpaired) electrons. The van der Waals surface area contributed by atoms with Gasteiger partial charge in [0.15, 0.2) is 12.0 Å². The van der Waals surface area contributed by atoms with Gasteiger partial charge >= 0.3 is 0 Å². The summed E-state index contributed by atoms with van der Waals surface area (Å²) in [5.41, 5.74) is 7.15. The molecule has 4 aliphatic rings. The molecule has 4 saturated carbocycles. The zero-order valence-electron chi connectivity index (χ0n) is 17.8. The normalized spacial score (nSPS) is 46.9. The molecule has 162 valence electrons. The molecule has 2 N–H and O–H groups in total. The van der Waals surface area contributed by atoms with E-state index in [0.717, 1.165) is 49.9 Å². The standard InChI is InChI=1S/C22H34FN3O3/c1-21-6-4-13(25-29-9-8-24)10-17(21)19(26-28-3)11-14-15(21)5-7-22(2)16(14)12-18(23)20(22)27/h14-18H,4-12,24H2,1-3H3. The summed E-state index contributed by atoms with van der Waals surface area (Å²) in [5.74, 6) is 0.951. The van der Waals surface area contributed by atoms with Crippen molar-refractivity contribution in [3.05, 3.63) is 0 Å². The molecule has 0 heterocycles. The van der Waals surface area contributed by atoms with Crippen LogP contribution in [0.25, 0.3) is 0 Å². The van der Waals surface area contributed by atoms with Gasteiger partial charge in [-0.05, 0) is 68.1 Å². The van der Waals surface area contributed by atoms with Gasteiger partial charge in [0.1, 0.15) is 13.7 Å². The minimum atomic E-state index is -1.30. The molecule has 0 amide bonds. The van der Waals surface area contributed by atoms with Crippen molar-refractivity contribution in [2.75, 3.05) is 20.3 Å². The lowest BCUT2D eigenvalue weighted by molar-refractivity contribution is -0.135. The Morgan fingerprint density at radius 2 is 2.00 bits per heavy atom. The van der Waals surface area contributed by atoms with Crippen LogP contribution in [0.3, 0.4) is 0 Å². The second kappa shape index (κ2) is 7.64. The fraction of sp³-hybridized carbons (Fsp3) is 0.864. The van der Waals surface area contributed by atoms with Crippen LogP contribution in [0.4, 0.5) is 4.39 Å². The second-order valence-corrected chi connectivity index (χ2v) is 9.91. The zero-order chi connectivity index (χ0) is 20.8. The number of hydrogen-bond donors (Lipinski definition) is 1. The Kier molecular flexibility index (Phi) is 5.47.